The molecule has 1 amide bonds. The Morgan fingerprint density at radius 2 is 1.74 bits per heavy atom. The van der Waals surface area contributed by atoms with Crippen LogP contribution in [0.25, 0.3) is 6.08 Å². The van der Waals surface area contributed by atoms with Crippen molar-refractivity contribution in [2.75, 3.05) is 0 Å². The Labute approximate surface area is 144 Å². The Morgan fingerprint density at radius 3 is 2.43 bits per heavy atom. The van der Waals surface area contributed by atoms with Gasteiger partial charge in [0.25, 0.3) is 5.91 Å². The number of benzene rings is 2. The van der Waals surface area contributed by atoms with E-state index in [-0.39, 0.29) is 5.91 Å². The van der Waals surface area contributed by atoms with Crippen molar-refractivity contribution >= 4 is 33.7 Å². The molecule has 1 N–H and O–H groups in total. The number of hydrogen-bond acceptors (Lipinski definition) is 2. The molecule has 3 nitrogen and oxygen atoms in total. The monoisotopic (exact) mass is 368 g/mol. The zero-order valence-corrected chi connectivity index (χ0v) is 14.4. The third-order valence-electron chi connectivity index (χ3n) is 3.69. The number of hydrogen-bond donors (Lipinski definition) is 1. The second kappa shape index (κ2) is 6.92. The molecular weight excluding hydrogens is 352 g/mol. The smallest absolute Gasteiger partial charge is 0.275 e. The molecule has 116 valence electrons. The van der Waals surface area contributed by atoms with Crippen molar-refractivity contribution < 1.29 is 4.79 Å². The van der Waals surface area contributed by atoms with Gasteiger partial charge in [-0.2, -0.15) is 0 Å². The van der Waals surface area contributed by atoms with Crippen molar-refractivity contribution in [3.63, 3.8) is 0 Å². The number of amidine groups is 1. The summed E-state index contributed by atoms with van der Waals surface area (Å²) in [5.74, 6) is 0.603. The van der Waals surface area contributed by atoms with Gasteiger partial charge in [-0.1, -0.05) is 57.9 Å². The third kappa shape index (κ3) is 4.17. The molecule has 0 aliphatic carbocycles. The Kier molecular flexibility index (Phi) is 4.72. The lowest BCUT2D eigenvalue weighted by atomic mass is 10.1. The normalized spacial score (nSPS) is 15.7. The molecule has 23 heavy (non-hydrogen) atoms. The van der Waals surface area contributed by atoms with Gasteiger partial charge in [-0.15, -0.1) is 0 Å². The van der Waals surface area contributed by atoms with Gasteiger partial charge in [-0.05, 0) is 42.7 Å². The summed E-state index contributed by atoms with van der Waals surface area (Å²) in [6.07, 6.45) is 3.40. The summed E-state index contributed by atoms with van der Waals surface area (Å²) in [6, 6.07) is 16.2. The highest BCUT2D eigenvalue weighted by Crippen LogP contribution is 2.16. The molecule has 0 fully saturated rings. The van der Waals surface area contributed by atoms with Gasteiger partial charge < -0.3 is 5.32 Å². The van der Waals surface area contributed by atoms with Crippen LogP contribution in [0.1, 0.15) is 23.1 Å². The summed E-state index contributed by atoms with van der Waals surface area (Å²) >= 11 is 3.40. The standard InChI is InChI=1S/C19H17BrN2O/c1-13-2-4-14(5-3-13)8-11-18-21-17(19(23)22-18)12-15-6-9-16(20)10-7-15/h2-7,9-10,12H,8,11H2,1H3,(H,21,22,23)/b17-12+. The third-order valence-corrected chi connectivity index (χ3v) is 4.22. The van der Waals surface area contributed by atoms with E-state index in [4.69, 9.17) is 0 Å². The molecule has 0 atom stereocenters. The van der Waals surface area contributed by atoms with Crippen LogP contribution in [0.3, 0.4) is 0 Å². The van der Waals surface area contributed by atoms with Crippen LogP contribution in [0.4, 0.5) is 0 Å². The number of aryl methyl sites for hydroxylation is 2. The Balaban J connectivity index is 1.68. The van der Waals surface area contributed by atoms with Crippen LogP contribution in [0.15, 0.2) is 63.7 Å². The van der Waals surface area contributed by atoms with E-state index in [9.17, 15) is 4.79 Å². The molecule has 0 unspecified atom stereocenters. The first-order valence-corrected chi connectivity index (χ1v) is 8.31. The van der Waals surface area contributed by atoms with Gasteiger partial charge in [-0.3, -0.25) is 4.79 Å². The molecule has 3 rings (SSSR count). The molecule has 0 spiro atoms. The van der Waals surface area contributed by atoms with Crippen molar-refractivity contribution in [2.24, 2.45) is 4.99 Å². The maximum Gasteiger partial charge on any atom is 0.275 e. The van der Waals surface area contributed by atoms with Crippen molar-refractivity contribution in [3.05, 3.63) is 75.4 Å². The molecule has 0 saturated heterocycles. The maximum atomic E-state index is 12.0. The minimum Gasteiger partial charge on any atom is -0.309 e. The highest BCUT2D eigenvalue weighted by Gasteiger charge is 2.19. The van der Waals surface area contributed by atoms with Crippen LogP contribution < -0.4 is 5.32 Å². The number of rotatable bonds is 4. The number of carbonyl (C=O) groups is 1. The second-order valence-electron chi connectivity index (χ2n) is 5.58. The van der Waals surface area contributed by atoms with Gasteiger partial charge in [0.2, 0.25) is 0 Å². The Morgan fingerprint density at radius 1 is 1.04 bits per heavy atom. The highest BCUT2D eigenvalue weighted by molar-refractivity contribution is 9.10. The van der Waals surface area contributed by atoms with Crippen molar-refractivity contribution in [1.82, 2.24) is 5.32 Å². The van der Waals surface area contributed by atoms with Crippen LogP contribution in [0, 0.1) is 6.92 Å². The minimum absolute atomic E-state index is 0.133. The number of nitrogens with one attached hydrogen (secondary N) is 1. The molecule has 0 radical (unpaired) electrons. The van der Waals surface area contributed by atoms with E-state index in [1.807, 2.05) is 24.3 Å². The first kappa shape index (κ1) is 15.7. The van der Waals surface area contributed by atoms with Crippen molar-refractivity contribution in [3.8, 4) is 0 Å². The number of carbonyl (C=O) groups excluding carboxylic acids is 1. The van der Waals surface area contributed by atoms with Crippen molar-refractivity contribution in [1.29, 1.82) is 0 Å². The molecule has 1 heterocycles. The van der Waals surface area contributed by atoms with Crippen LogP contribution in [0.2, 0.25) is 0 Å². The van der Waals surface area contributed by atoms with E-state index in [1.54, 1.807) is 6.08 Å². The van der Waals surface area contributed by atoms with Crippen LogP contribution >= 0.6 is 15.9 Å². The zero-order chi connectivity index (χ0) is 16.2. The molecule has 0 aromatic heterocycles. The number of halogens is 1. The Bertz CT molecular complexity index is 774. The lowest BCUT2D eigenvalue weighted by Crippen LogP contribution is -2.24. The summed E-state index contributed by atoms with van der Waals surface area (Å²) < 4.78 is 1.01. The van der Waals surface area contributed by atoms with Gasteiger partial charge in [0.15, 0.2) is 0 Å². The Hall–Kier alpha value is -2.20. The minimum atomic E-state index is -0.133. The lowest BCUT2D eigenvalue weighted by Gasteiger charge is -2.02. The highest BCUT2D eigenvalue weighted by atomic mass is 79.9. The van der Waals surface area contributed by atoms with Crippen LogP contribution in [-0.4, -0.2) is 11.7 Å². The second-order valence-corrected chi connectivity index (χ2v) is 6.50. The summed E-state index contributed by atoms with van der Waals surface area (Å²) in [5.41, 5.74) is 3.92. The fourth-order valence-corrected chi connectivity index (χ4v) is 2.63. The van der Waals surface area contributed by atoms with E-state index in [0.29, 0.717) is 5.70 Å². The average Bonchev–Trinajstić information content (AvgIpc) is 2.89. The molecule has 1 aliphatic rings. The quantitative estimate of drug-likeness (QED) is 0.804. The molecule has 0 bridgehead atoms. The summed E-state index contributed by atoms with van der Waals surface area (Å²) in [6.45, 7) is 2.07. The summed E-state index contributed by atoms with van der Waals surface area (Å²) in [5, 5.41) is 2.85. The summed E-state index contributed by atoms with van der Waals surface area (Å²) in [7, 11) is 0. The molecule has 0 saturated carbocycles. The van der Waals surface area contributed by atoms with Gasteiger partial charge in [0, 0.05) is 10.9 Å². The van der Waals surface area contributed by atoms with E-state index < -0.39 is 0 Å². The van der Waals surface area contributed by atoms with E-state index in [0.717, 1.165) is 28.7 Å². The fraction of sp³-hybridized carbons (Fsp3) is 0.158. The molecule has 2 aromatic rings. The van der Waals surface area contributed by atoms with Gasteiger partial charge in [0.05, 0.1) is 0 Å². The van der Waals surface area contributed by atoms with E-state index >= 15 is 0 Å². The molecular formula is C19H17BrN2O. The van der Waals surface area contributed by atoms with Gasteiger partial charge in [-0.25, -0.2) is 4.99 Å². The lowest BCUT2D eigenvalue weighted by molar-refractivity contribution is -0.115. The summed E-state index contributed by atoms with van der Waals surface area (Å²) in [4.78, 5) is 16.4. The molecule has 1 aliphatic heterocycles. The number of amides is 1. The number of aliphatic imine (C=N–C) groups is 1. The predicted octanol–water partition coefficient (Wildman–Crippen LogP) is 4.26. The SMILES string of the molecule is Cc1ccc(CCC2=N/C(=C/c3ccc(Br)cc3)C(=O)N2)cc1. The van der Waals surface area contributed by atoms with Gasteiger partial charge >= 0.3 is 0 Å². The van der Waals surface area contributed by atoms with E-state index in [2.05, 4.69) is 57.4 Å². The average molecular weight is 369 g/mol. The fourth-order valence-electron chi connectivity index (χ4n) is 2.37. The maximum absolute atomic E-state index is 12.0. The molecule has 2 aromatic carbocycles. The zero-order valence-electron chi connectivity index (χ0n) is 12.8. The first-order chi connectivity index (χ1) is 11.1. The van der Waals surface area contributed by atoms with Crippen molar-refractivity contribution in [2.45, 2.75) is 19.8 Å². The first-order valence-electron chi connectivity index (χ1n) is 7.52. The van der Waals surface area contributed by atoms with Crippen LogP contribution in [0.5, 0.6) is 0 Å². The van der Waals surface area contributed by atoms with E-state index in [1.165, 1.54) is 11.1 Å². The topological polar surface area (TPSA) is 41.5 Å². The largest absolute Gasteiger partial charge is 0.309 e. The molecule has 4 heteroatoms. The van der Waals surface area contributed by atoms with Crippen LogP contribution in [-0.2, 0) is 11.2 Å². The van der Waals surface area contributed by atoms with Gasteiger partial charge in [0.1, 0.15) is 11.5 Å². The predicted molar refractivity (Wildman–Crippen MR) is 97.2 cm³/mol. The number of nitrogens with zero attached hydrogens (tertiary/aromatic N) is 1.